The minimum Gasteiger partial charge on any atom is -0.368 e. The van der Waals surface area contributed by atoms with Crippen molar-refractivity contribution in [3.05, 3.63) is 103 Å². The molecule has 34 heavy (non-hydrogen) atoms. The van der Waals surface area contributed by atoms with Gasteiger partial charge in [0.25, 0.3) is 17.2 Å². The van der Waals surface area contributed by atoms with Gasteiger partial charge >= 0.3 is 0 Å². The minimum atomic E-state index is -1.42. The maximum absolute atomic E-state index is 13.6. The fourth-order valence-corrected chi connectivity index (χ4v) is 4.29. The maximum atomic E-state index is 13.6. The van der Waals surface area contributed by atoms with Gasteiger partial charge in [-0.1, -0.05) is 18.2 Å². The van der Waals surface area contributed by atoms with Gasteiger partial charge in [0.2, 0.25) is 0 Å². The van der Waals surface area contributed by atoms with Crippen LogP contribution in [0.1, 0.15) is 16.4 Å². The number of non-ortho nitro benzene ring substituents is 1. The van der Waals surface area contributed by atoms with Gasteiger partial charge in [-0.15, -0.1) is 0 Å². The largest absolute Gasteiger partial charge is 0.368 e. The number of ketones is 1. The number of amides is 1. The van der Waals surface area contributed by atoms with E-state index in [-0.39, 0.29) is 11.3 Å². The number of para-hydroxylation sites is 1. The summed E-state index contributed by atoms with van der Waals surface area (Å²) in [6, 6.07) is 16.2. The van der Waals surface area contributed by atoms with Crippen LogP contribution in [0.3, 0.4) is 0 Å². The molecule has 0 saturated carbocycles. The van der Waals surface area contributed by atoms with E-state index in [1.807, 2.05) is 30.3 Å². The van der Waals surface area contributed by atoms with Crippen LogP contribution in [0, 0.1) is 10.1 Å². The number of nitro groups is 1. The van der Waals surface area contributed by atoms with Crippen molar-refractivity contribution in [2.45, 2.75) is 6.04 Å². The summed E-state index contributed by atoms with van der Waals surface area (Å²) in [7, 11) is 0. The molecule has 9 nitrogen and oxygen atoms in total. The van der Waals surface area contributed by atoms with E-state index < -0.39 is 28.2 Å². The van der Waals surface area contributed by atoms with Crippen LogP contribution in [0.15, 0.2) is 82.2 Å². The number of piperazine rings is 1. The zero-order valence-corrected chi connectivity index (χ0v) is 19.6. The second kappa shape index (κ2) is 10.0. The Morgan fingerprint density at radius 1 is 0.912 bits per heavy atom. The van der Waals surface area contributed by atoms with Crippen molar-refractivity contribution >= 4 is 39.0 Å². The molecular weight excluding hydrogens is 504 g/mol. The van der Waals surface area contributed by atoms with Crippen molar-refractivity contribution in [3.8, 4) is 0 Å². The molecule has 1 aromatic heterocycles. The van der Waals surface area contributed by atoms with E-state index in [4.69, 9.17) is 0 Å². The van der Waals surface area contributed by atoms with Gasteiger partial charge < -0.3 is 9.80 Å². The number of pyridine rings is 1. The number of halogens is 1. The highest BCUT2D eigenvalue weighted by Crippen LogP contribution is 2.22. The number of Topliss-reactive ketones (excluding diaryl/α,β-unsaturated/α-hetero) is 1. The zero-order chi connectivity index (χ0) is 24.2. The van der Waals surface area contributed by atoms with Crippen molar-refractivity contribution in [2.24, 2.45) is 0 Å². The Balaban J connectivity index is 1.62. The van der Waals surface area contributed by atoms with Crippen LogP contribution in [0.4, 0.5) is 11.4 Å². The van der Waals surface area contributed by atoms with E-state index in [2.05, 4.69) is 20.8 Å². The lowest BCUT2D eigenvalue weighted by atomic mass is 10.0. The second-order valence-electron chi connectivity index (χ2n) is 7.81. The van der Waals surface area contributed by atoms with Gasteiger partial charge in [-0.05, 0) is 46.3 Å². The average Bonchev–Trinajstić information content (AvgIpc) is 2.86. The molecule has 1 unspecified atom stereocenters. The molecule has 4 rings (SSSR count). The fourth-order valence-electron chi connectivity index (χ4n) is 3.94. The molecule has 1 saturated heterocycles. The smallest absolute Gasteiger partial charge is 0.269 e. The summed E-state index contributed by atoms with van der Waals surface area (Å²) in [6.07, 6.45) is 1.41. The number of carbonyl (C=O) groups is 2. The number of rotatable bonds is 6. The molecule has 2 heterocycles. The molecular formula is C24H21BrN4O5. The van der Waals surface area contributed by atoms with Crippen LogP contribution in [0.2, 0.25) is 0 Å². The van der Waals surface area contributed by atoms with E-state index >= 15 is 0 Å². The van der Waals surface area contributed by atoms with Crippen LogP contribution in [-0.4, -0.2) is 52.3 Å². The first-order valence-electron chi connectivity index (χ1n) is 10.6. The highest BCUT2D eigenvalue weighted by Gasteiger charge is 2.35. The second-order valence-corrected chi connectivity index (χ2v) is 8.73. The Bertz CT molecular complexity index is 1270. The third-order valence-corrected chi connectivity index (χ3v) is 6.21. The van der Waals surface area contributed by atoms with E-state index in [1.165, 1.54) is 42.6 Å². The van der Waals surface area contributed by atoms with E-state index in [0.717, 1.165) is 10.3 Å². The van der Waals surface area contributed by atoms with Gasteiger partial charge in [0.05, 0.1) is 4.92 Å². The molecule has 0 radical (unpaired) electrons. The summed E-state index contributed by atoms with van der Waals surface area (Å²) in [5.74, 6) is -1.10. The van der Waals surface area contributed by atoms with Gasteiger partial charge in [-0.25, -0.2) is 0 Å². The number of nitro benzene ring substituents is 1. The SMILES string of the molecule is O=C(c1ccc([N+](=O)[O-])cc1)C(C(=O)N1CCN(c2ccccc2)CC1)n1cc(Br)ccc1=O. The summed E-state index contributed by atoms with van der Waals surface area (Å²) in [6.45, 7) is 1.95. The molecule has 0 aliphatic carbocycles. The molecule has 174 valence electrons. The average molecular weight is 525 g/mol. The quantitative estimate of drug-likeness (QED) is 0.212. The highest BCUT2D eigenvalue weighted by atomic mass is 79.9. The third-order valence-electron chi connectivity index (χ3n) is 5.74. The lowest BCUT2D eigenvalue weighted by Gasteiger charge is -2.37. The summed E-state index contributed by atoms with van der Waals surface area (Å²) in [5.41, 5.74) is 0.492. The Morgan fingerprint density at radius 2 is 1.56 bits per heavy atom. The maximum Gasteiger partial charge on any atom is 0.269 e. The lowest BCUT2D eigenvalue weighted by Crippen LogP contribution is -2.52. The molecule has 1 fully saturated rings. The first-order chi connectivity index (χ1) is 16.3. The molecule has 1 amide bonds. The van der Waals surface area contributed by atoms with E-state index in [1.54, 1.807) is 4.90 Å². The highest BCUT2D eigenvalue weighted by molar-refractivity contribution is 9.10. The summed E-state index contributed by atoms with van der Waals surface area (Å²) in [5, 5.41) is 11.0. The Hall–Kier alpha value is -3.79. The predicted octanol–water partition coefficient (Wildman–Crippen LogP) is 3.29. The zero-order valence-electron chi connectivity index (χ0n) is 18.0. The molecule has 0 N–H and O–H groups in total. The predicted molar refractivity (Wildman–Crippen MR) is 130 cm³/mol. The molecule has 0 spiro atoms. The summed E-state index contributed by atoms with van der Waals surface area (Å²) in [4.78, 5) is 53.8. The molecule has 2 aromatic carbocycles. The Kier molecular flexibility index (Phi) is 6.87. The minimum absolute atomic E-state index is 0.110. The van der Waals surface area contributed by atoms with Gasteiger partial charge in [-0.3, -0.25) is 29.1 Å². The number of anilines is 1. The monoisotopic (exact) mass is 524 g/mol. The van der Waals surface area contributed by atoms with E-state index in [9.17, 15) is 24.5 Å². The third kappa shape index (κ3) is 4.91. The summed E-state index contributed by atoms with van der Waals surface area (Å²) >= 11 is 3.30. The van der Waals surface area contributed by atoms with Crippen LogP contribution >= 0.6 is 15.9 Å². The lowest BCUT2D eigenvalue weighted by molar-refractivity contribution is -0.384. The fraction of sp³-hybridized carbons (Fsp3) is 0.208. The van der Waals surface area contributed by atoms with Crippen molar-refractivity contribution in [3.63, 3.8) is 0 Å². The number of aromatic nitrogens is 1. The van der Waals surface area contributed by atoms with Crippen molar-refractivity contribution in [2.75, 3.05) is 31.1 Å². The number of carbonyl (C=O) groups excluding carboxylic acids is 2. The topological polar surface area (TPSA) is 106 Å². The van der Waals surface area contributed by atoms with Gasteiger partial charge in [-0.2, -0.15) is 0 Å². The number of benzene rings is 2. The van der Waals surface area contributed by atoms with Crippen LogP contribution in [-0.2, 0) is 4.79 Å². The van der Waals surface area contributed by atoms with Gasteiger partial charge in [0.15, 0.2) is 11.8 Å². The molecule has 0 bridgehead atoms. The van der Waals surface area contributed by atoms with Crippen molar-refractivity contribution in [1.29, 1.82) is 0 Å². The van der Waals surface area contributed by atoms with E-state index in [0.29, 0.717) is 30.7 Å². The number of hydrogen-bond acceptors (Lipinski definition) is 6. The van der Waals surface area contributed by atoms with Crippen LogP contribution in [0.5, 0.6) is 0 Å². The van der Waals surface area contributed by atoms with Crippen LogP contribution < -0.4 is 10.5 Å². The van der Waals surface area contributed by atoms with Gasteiger partial charge in [0.1, 0.15) is 0 Å². The standard InChI is InChI=1S/C24H21BrN4O5/c25-18-8-11-21(30)28(16-18)22(23(31)17-6-9-20(10-7-17)29(33)34)24(32)27-14-12-26(13-15-27)19-4-2-1-3-5-19/h1-11,16,22H,12-15H2. The molecule has 1 aliphatic rings. The number of nitrogens with zero attached hydrogens (tertiary/aromatic N) is 4. The first kappa shape index (κ1) is 23.4. The van der Waals surface area contributed by atoms with Crippen molar-refractivity contribution < 1.29 is 14.5 Å². The van der Waals surface area contributed by atoms with Gasteiger partial charge in [0, 0.05) is 66.3 Å². The Morgan fingerprint density at radius 3 is 2.18 bits per heavy atom. The molecule has 1 aliphatic heterocycles. The Labute approximate surface area is 203 Å². The number of hydrogen-bond donors (Lipinski definition) is 0. The van der Waals surface area contributed by atoms with Crippen LogP contribution in [0.25, 0.3) is 0 Å². The molecule has 10 heteroatoms. The molecule has 1 atom stereocenters. The molecule has 3 aromatic rings. The summed E-state index contributed by atoms with van der Waals surface area (Å²) < 4.78 is 1.65. The normalized spacial score (nSPS) is 14.5. The first-order valence-corrected chi connectivity index (χ1v) is 11.4. The van der Waals surface area contributed by atoms with Crippen molar-refractivity contribution in [1.82, 2.24) is 9.47 Å².